The van der Waals surface area contributed by atoms with E-state index in [-0.39, 0.29) is 34.4 Å². The molecule has 0 aliphatic rings. The monoisotopic (exact) mass is 890 g/mol. The highest BCUT2D eigenvalue weighted by Gasteiger charge is 2.15. The third-order valence-corrected chi connectivity index (χ3v) is 8.90. The topological polar surface area (TPSA) is 293 Å². The van der Waals surface area contributed by atoms with E-state index in [1.807, 2.05) is 24.3 Å². The summed E-state index contributed by atoms with van der Waals surface area (Å²) in [6.45, 7) is 0. The largest absolute Gasteiger partial charge is 0.457 e. The van der Waals surface area contributed by atoms with E-state index in [4.69, 9.17) is 27.1 Å². The van der Waals surface area contributed by atoms with Crippen LogP contribution in [0.2, 0.25) is 0 Å². The van der Waals surface area contributed by atoms with E-state index in [0.29, 0.717) is 34.4 Å². The smallest absolute Gasteiger partial charge is 0.433 e. The van der Waals surface area contributed by atoms with Gasteiger partial charge in [-0.15, -0.1) is 0 Å². The van der Waals surface area contributed by atoms with Gasteiger partial charge in [0.25, 0.3) is 0 Å². The van der Waals surface area contributed by atoms with Crippen molar-refractivity contribution in [3.63, 3.8) is 0 Å². The van der Waals surface area contributed by atoms with Crippen molar-refractivity contribution >= 4 is 71.1 Å². The number of benzene rings is 4. The van der Waals surface area contributed by atoms with Gasteiger partial charge in [-0.3, -0.25) is 60.4 Å². The van der Waals surface area contributed by atoms with Gasteiger partial charge in [0, 0.05) is 12.1 Å². The number of aliphatic imine (C=N–C) groups is 4. The first-order chi connectivity index (χ1) is 31.9. The van der Waals surface area contributed by atoms with E-state index in [2.05, 4.69) is 20.0 Å². The lowest BCUT2D eigenvalue weighted by Gasteiger charge is -2.10. The number of nitrogens with zero attached hydrogens (tertiary/aromatic N) is 8. The van der Waals surface area contributed by atoms with Crippen LogP contribution >= 0.6 is 0 Å². The Hall–Kier alpha value is -10.1. The number of ether oxygens (including phenoxy) is 2. The van der Waals surface area contributed by atoms with Gasteiger partial charge in [-0.05, 0) is 83.9 Å². The summed E-state index contributed by atoms with van der Waals surface area (Å²) in [5.41, 5.74) is 2.90. The maximum atomic E-state index is 11.1. The van der Waals surface area contributed by atoms with Crippen molar-refractivity contribution in [2.24, 2.45) is 20.0 Å². The van der Waals surface area contributed by atoms with E-state index >= 15 is 0 Å². The van der Waals surface area contributed by atoms with Crippen molar-refractivity contribution in [1.82, 2.24) is 0 Å². The molecule has 0 unspecified atom stereocenters. The van der Waals surface area contributed by atoms with Gasteiger partial charge in [-0.1, -0.05) is 24.3 Å². The Bertz CT molecular complexity index is 3020. The fourth-order valence-corrected chi connectivity index (χ4v) is 5.83. The molecule has 66 heavy (non-hydrogen) atoms. The van der Waals surface area contributed by atoms with E-state index in [0.717, 1.165) is 11.1 Å². The van der Waals surface area contributed by atoms with Gasteiger partial charge in [-0.2, -0.15) is 0 Å². The second-order valence-corrected chi connectivity index (χ2v) is 13.3. The quantitative estimate of drug-likeness (QED) is 0.0466. The van der Waals surface area contributed by atoms with Gasteiger partial charge in [0.05, 0.1) is 71.9 Å². The van der Waals surface area contributed by atoms with Crippen LogP contribution in [-0.4, -0.2) is 44.6 Å². The molecule has 8 rings (SSSR count). The zero-order valence-corrected chi connectivity index (χ0v) is 33.3. The summed E-state index contributed by atoms with van der Waals surface area (Å²) >= 11 is 0. The molecule has 0 saturated heterocycles. The van der Waals surface area contributed by atoms with Crippen LogP contribution in [0.5, 0.6) is 23.0 Å². The summed E-state index contributed by atoms with van der Waals surface area (Å²) in [7, 11) is 0. The minimum absolute atomic E-state index is 0.111. The van der Waals surface area contributed by atoms with Crippen LogP contribution in [0.15, 0.2) is 171 Å². The number of nitro groups is 4. The molecule has 0 aliphatic carbocycles. The second-order valence-electron chi connectivity index (χ2n) is 13.3. The molecule has 4 aromatic heterocycles. The Kier molecular flexibility index (Phi) is 12.2. The summed E-state index contributed by atoms with van der Waals surface area (Å²) < 4.78 is 32.9. The molecule has 0 radical (unpaired) electrons. The lowest BCUT2D eigenvalue weighted by Crippen LogP contribution is -1.87. The molecule has 0 amide bonds. The van der Waals surface area contributed by atoms with E-state index in [1.165, 1.54) is 73.4 Å². The number of hydrogen-bond acceptors (Lipinski definition) is 18. The molecule has 326 valence electrons. The highest BCUT2D eigenvalue weighted by Crippen LogP contribution is 2.37. The van der Waals surface area contributed by atoms with Crippen LogP contribution < -0.4 is 9.47 Å². The second kappa shape index (κ2) is 18.9. The first-order valence-corrected chi connectivity index (χ1v) is 18.9. The Balaban J connectivity index is 0.967. The molecule has 0 atom stereocenters. The van der Waals surface area contributed by atoms with E-state index in [9.17, 15) is 40.5 Å². The Morgan fingerprint density at radius 2 is 0.621 bits per heavy atom. The standard InChI is InChI=1S/C44H26N8O14/c53-49(54)41-17-11-33(63-41)23-45-37-15-9-31(21-39(37)47-25-35-13-19-43(65-35)51(57)58)61-29-5-1-27(2-6-29)28-3-7-30(8-4-28)62-32-10-16-38(46-24-34-12-18-42(64-34)50(55)56)40(22-32)48-26-36-14-20-44(66-36)52(59)60/h1-26H. The van der Waals surface area contributed by atoms with Crippen LogP contribution in [0.25, 0.3) is 11.1 Å². The van der Waals surface area contributed by atoms with Crippen LogP contribution in [0.1, 0.15) is 23.0 Å². The lowest BCUT2D eigenvalue weighted by molar-refractivity contribution is -0.402. The first kappa shape index (κ1) is 42.6. The summed E-state index contributed by atoms with van der Waals surface area (Å²) in [5, 5.41) is 44.2. The SMILES string of the molecule is O=[N+]([O-])c1ccc(C=Nc2ccc(Oc3ccc(-c4ccc(Oc5ccc(N=Cc6ccc([N+](=O)[O-])o6)c(N=Cc6ccc([N+](=O)[O-])o6)c5)cc4)cc3)cc2N=Cc2ccc([N+](=O)[O-])o2)o1. The summed E-state index contributed by atoms with van der Waals surface area (Å²) in [6, 6.07) is 34.4. The van der Waals surface area contributed by atoms with Crippen LogP contribution in [0.3, 0.4) is 0 Å². The molecule has 0 saturated carbocycles. The van der Waals surface area contributed by atoms with Gasteiger partial charge in [0.15, 0.2) is 23.0 Å². The van der Waals surface area contributed by atoms with Crippen LogP contribution in [0, 0.1) is 40.5 Å². The van der Waals surface area contributed by atoms with Gasteiger partial charge in [0.2, 0.25) is 0 Å². The van der Waals surface area contributed by atoms with Gasteiger partial charge >= 0.3 is 23.5 Å². The van der Waals surface area contributed by atoms with Crippen molar-refractivity contribution in [2.75, 3.05) is 0 Å². The summed E-state index contributed by atoms with van der Waals surface area (Å²) in [4.78, 5) is 59.1. The highest BCUT2D eigenvalue weighted by atomic mass is 16.7. The zero-order chi connectivity index (χ0) is 46.2. The third kappa shape index (κ3) is 10.5. The van der Waals surface area contributed by atoms with Crippen LogP contribution in [0.4, 0.5) is 46.3 Å². The van der Waals surface area contributed by atoms with Crippen molar-refractivity contribution < 1.29 is 46.8 Å². The third-order valence-electron chi connectivity index (χ3n) is 8.90. The molecule has 0 aliphatic heterocycles. The maximum Gasteiger partial charge on any atom is 0.433 e. The zero-order valence-electron chi connectivity index (χ0n) is 33.3. The normalized spacial score (nSPS) is 11.6. The predicted molar refractivity (Wildman–Crippen MR) is 235 cm³/mol. The van der Waals surface area contributed by atoms with Crippen molar-refractivity contribution in [2.45, 2.75) is 0 Å². The molecule has 22 heteroatoms. The molecular formula is C44H26N8O14. The number of furan rings is 4. The average molecular weight is 891 g/mol. The molecule has 8 aromatic rings. The average Bonchev–Trinajstić information content (AvgIpc) is 4.16. The first-order valence-electron chi connectivity index (χ1n) is 18.9. The summed E-state index contributed by atoms with van der Waals surface area (Å²) in [6.07, 6.45) is 5.12. The molecule has 0 spiro atoms. The van der Waals surface area contributed by atoms with Crippen molar-refractivity contribution in [3.05, 3.63) is 197 Å². The minimum Gasteiger partial charge on any atom is -0.457 e. The highest BCUT2D eigenvalue weighted by molar-refractivity contribution is 5.86. The molecule has 0 N–H and O–H groups in total. The fourth-order valence-electron chi connectivity index (χ4n) is 5.83. The molecule has 0 bridgehead atoms. The summed E-state index contributed by atoms with van der Waals surface area (Å²) in [5.74, 6) is 0.361. The molecular weight excluding hydrogens is 865 g/mol. The number of hydrogen-bond donors (Lipinski definition) is 0. The van der Waals surface area contributed by atoms with Crippen molar-refractivity contribution in [1.29, 1.82) is 0 Å². The van der Waals surface area contributed by atoms with Crippen LogP contribution in [-0.2, 0) is 0 Å². The van der Waals surface area contributed by atoms with Gasteiger partial charge in [0.1, 0.15) is 42.7 Å². The van der Waals surface area contributed by atoms with E-state index in [1.54, 1.807) is 60.7 Å². The Morgan fingerprint density at radius 1 is 0.348 bits per heavy atom. The molecule has 0 fully saturated rings. The van der Waals surface area contributed by atoms with Crippen molar-refractivity contribution in [3.8, 4) is 34.1 Å². The molecule has 4 heterocycles. The molecule has 4 aromatic carbocycles. The van der Waals surface area contributed by atoms with Gasteiger partial charge in [-0.25, -0.2) is 0 Å². The maximum absolute atomic E-state index is 11.1. The predicted octanol–water partition coefficient (Wildman–Crippen LogP) is 11.9. The van der Waals surface area contributed by atoms with E-state index < -0.39 is 43.2 Å². The van der Waals surface area contributed by atoms with Gasteiger partial charge < -0.3 is 27.1 Å². The number of rotatable bonds is 17. The lowest BCUT2D eigenvalue weighted by atomic mass is 10.1. The fraction of sp³-hybridized carbons (Fsp3) is 0. The minimum atomic E-state index is -0.676. The Labute approximate surface area is 368 Å². The Morgan fingerprint density at radius 3 is 0.894 bits per heavy atom. The molecule has 22 nitrogen and oxygen atoms in total.